The molecule has 30 heavy (non-hydrogen) atoms. The van der Waals surface area contributed by atoms with Crippen LogP contribution in [0.1, 0.15) is 43.4 Å². The van der Waals surface area contributed by atoms with Gasteiger partial charge in [-0.05, 0) is 51.0 Å². The zero-order valence-electron chi connectivity index (χ0n) is 18.1. The highest BCUT2D eigenvalue weighted by Crippen LogP contribution is 2.18. The molecule has 0 bridgehead atoms. The Morgan fingerprint density at radius 3 is 2.33 bits per heavy atom. The Bertz CT molecular complexity index is 1060. The number of methoxy groups -OCH3 is 1. The third-order valence-electron chi connectivity index (χ3n) is 5.45. The Labute approximate surface area is 176 Å². The number of Topliss-reactive ketones (excluding diaryl/α,β-unsaturated/α-hetero) is 1. The number of ketones is 1. The van der Waals surface area contributed by atoms with Crippen molar-refractivity contribution in [2.75, 3.05) is 13.7 Å². The number of esters is 1. The van der Waals surface area contributed by atoms with Crippen molar-refractivity contribution in [2.45, 2.75) is 33.7 Å². The number of hydrogen-bond acceptors (Lipinski definition) is 5. The van der Waals surface area contributed by atoms with Gasteiger partial charge in [0.15, 0.2) is 6.61 Å². The van der Waals surface area contributed by atoms with Crippen LogP contribution in [0.25, 0.3) is 0 Å². The van der Waals surface area contributed by atoms with E-state index in [1.54, 1.807) is 25.8 Å². The van der Waals surface area contributed by atoms with Crippen LogP contribution in [0, 0.1) is 20.8 Å². The van der Waals surface area contributed by atoms with Crippen molar-refractivity contribution in [3.8, 4) is 5.75 Å². The average Bonchev–Trinajstić information content (AvgIpc) is 3.23. The van der Waals surface area contributed by atoms with Crippen LogP contribution in [0.15, 0.2) is 36.5 Å². The molecule has 0 fully saturated rings. The lowest BCUT2D eigenvalue weighted by Crippen LogP contribution is -2.15. The molecule has 0 saturated heterocycles. The van der Waals surface area contributed by atoms with Crippen LogP contribution in [-0.4, -0.2) is 39.8 Å². The molecule has 0 saturated carbocycles. The molecule has 0 aliphatic carbocycles. The number of nitrogens with zero attached hydrogens (tertiary/aromatic N) is 3. The molecule has 0 amide bonds. The van der Waals surface area contributed by atoms with Gasteiger partial charge in [-0.2, -0.15) is 5.10 Å². The molecule has 1 aromatic carbocycles. The summed E-state index contributed by atoms with van der Waals surface area (Å²) in [4.78, 5) is 24.9. The molecule has 7 heteroatoms. The molecule has 0 spiro atoms. The lowest BCUT2D eigenvalue weighted by Gasteiger charge is -2.10. The molecule has 0 aliphatic rings. The van der Waals surface area contributed by atoms with Crippen molar-refractivity contribution < 1.29 is 19.1 Å². The number of carbonyl (C=O) groups excluding carboxylic acids is 2. The summed E-state index contributed by atoms with van der Waals surface area (Å²) in [5.41, 5.74) is 4.72. The molecule has 0 aliphatic heterocycles. The number of benzene rings is 1. The quantitative estimate of drug-likeness (QED) is 0.421. The van der Waals surface area contributed by atoms with E-state index in [-0.39, 0.29) is 12.4 Å². The summed E-state index contributed by atoms with van der Waals surface area (Å²) in [6.45, 7) is 6.13. The second-order valence-electron chi connectivity index (χ2n) is 7.30. The van der Waals surface area contributed by atoms with E-state index >= 15 is 0 Å². The van der Waals surface area contributed by atoms with E-state index in [0.29, 0.717) is 16.8 Å². The monoisotopic (exact) mass is 409 g/mol. The third-order valence-corrected chi connectivity index (χ3v) is 5.45. The molecule has 0 radical (unpaired) electrons. The highest BCUT2D eigenvalue weighted by Gasteiger charge is 2.19. The van der Waals surface area contributed by atoms with Crippen LogP contribution in [0.5, 0.6) is 5.75 Å². The zero-order chi connectivity index (χ0) is 21.8. The number of aryl methyl sites for hydroxylation is 3. The standard InChI is InChI=1S/C23H27N3O4/c1-15-12-20(22(27)14-30-23(28)21-13-24-25(4)16(21)2)17(3)26(15)11-10-18-6-8-19(29-5)9-7-18/h6-9,12-13H,10-11,14H2,1-5H3. The summed E-state index contributed by atoms with van der Waals surface area (Å²) in [6.07, 6.45) is 2.29. The largest absolute Gasteiger partial charge is 0.497 e. The van der Waals surface area contributed by atoms with E-state index in [1.807, 2.05) is 44.2 Å². The molecule has 0 atom stereocenters. The lowest BCUT2D eigenvalue weighted by molar-refractivity contribution is 0.0473. The molecule has 3 rings (SSSR count). The first-order valence-electron chi connectivity index (χ1n) is 9.80. The third kappa shape index (κ3) is 4.45. The maximum Gasteiger partial charge on any atom is 0.342 e. The first-order valence-corrected chi connectivity index (χ1v) is 9.80. The first kappa shape index (κ1) is 21.4. The molecule has 2 aromatic heterocycles. The highest BCUT2D eigenvalue weighted by atomic mass is 16.5. The molecule has 2 heterocycles. The van der Waals surface area contributed by atoms with Crippen LogP contribution in [0.2, 0.25) is 0 Å². The summed E-state index contributed by atoms with van der Waals surface area (Å²) in [5, 5.41) is 4.03. The van der Waals surface area contributed by atoms with Gasteiger partial charge in [-0.3, -0.25) is 9.48 Å². The maximum atomic E-state index is 12.7. The van der Waals surface area contributed by atoms with Gasteiger partial charge in [-0.1, -0.05) is 12.1 Å². The van der Waals surface area contributed by atoms with Crippen LogP contribution < -0.4 is 4.74 Å². The summed E-state index contributed by atoms with van der Waals surface area (Å²) >= 11 is 0. The van der Waals surface area contributed by atoms with Gasteiger partial charge in [0.1, 0.15) is 11.3 Å². The van der Waals surface area contributed by atoms with Crippen molar-refractivity contribution in [1.29, 1.82) is 0 Å². The summed E-state index contributed by atoms with van der Waals surface area (Å²) in [6, 6.07) is 9.82. The van der Waals surface area contributed by atoms with Crippen molar-refractivity contribution in [3.05, 3.63) is 70.3 Å². The normalized spacial score (nSPS) is 10.8. The minimum Gasteiger partial charge on any atom is -0.497 e. The Hall–Kier alpha value is -3.35. The van der Waals surface area contributed by atoms with Gasteiger partial charge in [-0.15, -0.1) is 0 Å². The van der Waals surface area contributed by atoms with Gasteiger partial charge >= 0.3 is 5.97 Å². The van der Waals surface area contributed by atoms with E-state index in [4.69, 9.17) is 9.47 Å². The van der Waals surface area contributed by atoms with Gasteiger partial charge in [0.25, 0.3) is 0 Å². The van der Waals surface area contributed by atoms with Crippen LogP contribution >= 0.6 is 0 Å². The van der Waals surface area contributed by atoms with E-state index in [9.17, 15) is 9.59 Å². The average molecular weight is 409 g/mol. The minimum atomic E-state index is -0.540. The SMILES string of the molecule is COc1ccc(CCn2c(C)cc(C(=O)COC(=O)c3cnn(C)c3C)c2C)cc1. The Morgan fingerprint density at radius 2 is 1.73 bits per heavy atom. The van der Waals surface area contributed by atoms with Gasteiger partial charge in [0, 0.05) is 36.2 Å². The predicted octanol–water partition coefficient (Wildman–Crippen LogP) is 3.44. The maximum absolute atomic E-state index is 12.7. The van der Waals surface area contributed by atoms with E-state index < -0.39 is 5.97 Å². The first-order chi connectivity index (χ1) is 14.3. The number of ether oxygens (including phenoxy) is 2. The fourth-order valence-electron chi connectivity index (χ4n) is 3.45. The minimum absolute atomic E-state index is 0.214. The molecule has 0 N–H and O–H groups in total. The second-order valence-corrected chi connectivity index (χ2v) is 7.30. The van der Waals surface area contributed by atoms with E-state index in [0.717, 1.165) is 30.1 Å². The Balaban J connectivity index is 1.64. The number of hydrogen-bond donors (Lipinski definition) is 0. The van der Waals surface area contributed by atoms with Crippen molar-refractivity contribution in [2.24, 2.45) is 7.05 Å². The van der Waals surface area contributed by atoms with Crippen molar-refractivity contribution >= 4 is 11.8 Å². The predicted molar refractivity (Wildman–Crippen MR) is 113 cm³/mol. The highest BCUT2D eigenvalue weighted by molar-refractivity contribution is 6.00. The number of rotatable bonds is 8. The fourth-order valence-corrected chi connectivity index (χ4v) is 3.45. The second kappa shape index (κ2) is 8.98. The van der Waals surface area contributed by atoms with Gasteiger partial charge in [0.2, 0.25) is 5.78 Å². The molecular weight excluding hydrogens is 382 g/mol. The molecule has 0 unspecified atom stereocenters. The molecule has 7 nitrogen and oxygen atoms in total. The van der Waals surface area contributed by atoms with Crippen molar-refractivity contribution in [3.63, 3.8) is 0 Å². The summed E-state index contributed by atoms with van der Waals surface area (Å²) < 4.78 is 14.1. The Kier molecular flexibility index (Phi) is 6.40. The van der Waals surface area contributed by atoms with Crippen LogP contribution in [0.3, 0.4) is 0 Å². The number of carbonyl (C=O) groups is 2. The molecule has 158 valence electrons. The number of aromatic nitrogens is 3. The summed E-state index contributed by atoms with van der Waals surface area (Å²) in [5.74, 6) is 0.0759. The Morgan fingerprint density at radius 1 is 1.03 bits per heavy atom. The van der Waals surface area contributed by atoms with E-state index in [1.165, 1.54) is 11.8 Å². The van der Waals surface area contributed by atoms with Gasteiger partial charge < -0.3 is 14.0 Å². The van der Waals surface area contributed by atoms with Crippen LogP contribution in [-0.2, 0) is 24.8 Å². The zero-order valence-corrected chi connectivity index (χ0v) is 18.1. The topological polar surface area (TPSA) is 75.3 Å². The van der Waals surface area contributed by atoms with E-state index in [2.05, 4.69) is 9.67 Å². The lowest BCUT2D eigenvalue weighted by atomic mass is 10.1. The smallest absolute Gasteiger partial charge is 0.342 e. The van der Waals surface area contributed by atoms with Crippen molar-refractivity contribution in [1.82, 2.24) is 14.3 Å². The van der Waals surface area contributed by atoms with Gasteiger partial charge in [0.05, 0.1) is 13.3 Å². The van der Waals surface area contributed by atoms with Gasteiger partial charge in [-0.25, -0.2) is 4.79 Å². The molecular formula is C23H27N3O4. The van der Waals surface area contributed by atoms with Crippen LogP contribution in [0.4, 0.5) is 0 Å². The fraction of sp³-hybridized carbons (Fsp3) is 0.348. The summed E-state index contributed by atoms with van der Waals surface area (Å²) in [7, 11) is 3.40. The molecule has 3 aromatic rings.